The Hall–Kier alpha value is -4.38. The molecule has 6 heterocycles. The third-order valence-electron chi connectivity index (χ3n) is 6.15. The zero-order valence-electron chi connectivity index (χ0n) is 19.4. The molecule has 6 rings (SSSR count). The maximum absolute atomic E-state index is 12.3. The zero-order valence-corrected chi connectivity index (χ0v) is 19.4. The van der Waals surface area contributed by atoms with Crippen LogP contribution < -0.4 is 10.5 Å². The summed E-state index contributed by atoms with van der Waals surface area (Å²) in [4.78, 5) is 33.4. The third-order valence-corrected chi connectivity index (χ3v) is 6.15. The molecule has 0 radical (unpaired) electrons. The highest BCUT2D eigenvalue weighted by Crippen LogP contribution is 2.31. The molecule has 5 aromatic heterocycles. The molecule has 0 amide bonds. The van der Waals surface area contributed by atoms with E-state index < -0.39 is 0 Å². The molecule has 0 unspecified atom stereocenters. The van der Waals surface area contributed by atoms with E-state index in [2.05, 4.69) is 15.0 Å². The monoisotopic (exact) mass is 469 g/mol. The number of rotatable bonds is 4. The maximum atomic E-state index is 12.3. The molecule has 35 heavy (non-hydrogen) atoms. The van der Waals surface area contributed by atoms with Crippen LogP contribution in [-0.4, -0.2) is 65.2 Å². The molecule has 0 aromatic carbocycles. The highest BCUT2D eigenvalue weighted by molar-refractivity contribution is 5.88. The molecule has 5 aromatic rings. The molecule has 0 saturated carbocycles. The average Bonchev–Trinajstić information content (AvgIpc) is 3.51. The van der Waals surface area contributed by atoms with Gasteiger partial charge in [0.25, 0.3) is 5.56 Å². The highest BCUT2D eigenvalue weighted by atomic mass is 16.5. The minimum Gasteiger partial charge on any atom is -0.378 e. The Morgan fingerprint density at radius 3 is 2.51 bits per heavy atom. The number of aryl methyl sites for hydroxylation is 2. The third kappa shape index (κ3) is 3.66. The molecule has 0 bridgehead atoms. The van der Waals surface area contributed by atoms with Gasteiger partial charge in [-0.15, -0.1) is 0 Å². The van der Waals surface area contributed by atoms with E-state index in [-0.39, 0.29) is 5.56 Å². The van der Waals surface area contributed by atoms with Crippen LogP contribution in [0.5, 0.6) is 0 Å². The van der Waals surface area contributed by atoms with Gasteiger partial charge in [0.15, 0.2) is 22.8 Å². The SMILES string of the molecule is Cn1ccc(-n2nccc2-c2nc(N3CCOCC3)c3nc(-c4ccncc4)n(C)c3n2)cc1=O. The molecule has 11 nitrogen and oxygen atoms in total. The summed E-state index contributed by atoms with van der Waals surface area (Å²) in [6.45, 7) is 2.66. The van der Waals surface area contributed by atoms with E-state index in [1.165, 1.54) is 4.57 Å². The van der Waals surface area contributed by atoms with Gasteiger partial charge in [-0.2, -0.15) is 5.10 Å². The highest BCUT2D eigenvalue weighted by Gasteiger charge is 2.24. The second-order valence-electron chi connectivity index (χ2n) is 8.34. The molecule has 0 spiro atoms. The van der Waals surface area contributed by atoms with Crippen LogP contribution in [0.4, 0.5) is 5.82 Å². The van der Waals surface area contributed by atoms with Crippen LogP contribution in [0, 0.1) is 0 Å². The van der Waals surface area contributed by atoms with E-state index in [0.717, 1.165) is 22.7 Å². The Morgan fingerprint density at radius 2 is 1.74 bits per heavy atom. The second kappa shape index (κ2) is 8.44. The van der Waals surface area contributed by atoms with Gasteiger partial charge in [-0.1, -0.05) is 0 Å². The first-order chi connectivity index (χ1) is 17.1. The van der Waals surface area contributed by atoms with Crippen molar-refractivity contribution in [3.63, 3.8) is 0 Å². The van der Waals surface area contributed by atoms with E-state index in [0.29, 0.717) is 49.2 Å². The van der Waals surface area contributed by atoms with Crippen molar-refractivity contribution in [3.8, 4) is 28.6 Å². The lowest BCUT2D eigenvalue weighted by Crippen LogP contribution is -2.37. The normalized spacial score (nSPS) is 14.1. The predicted octanol–water partition coefficient (Wildman–Crippen LogP) is 1.81. The van der Waals surface area contributed by atoms with Crippen LogP contribution in [0.2, 0.25) is 0 Å². The Kier molecular flexibility index (Phi) is 5.10. The number of nitrogens with zero attached hydrogens (tertiary/aromatic N) is 9. The summed E-state index contributed by atoms with van der Waals surface area (Å²) in [5, 5.41) is 4.46. The fourth-order valence-electron chi connectivity index (χ4n) is 4.26. The minimum absolute atomic E-state index is 0.122. The van der Waals surface area contributed by atoms with Crippen LogP contribution in [0.3, 0.4) is 0 Å². The quantitative estimate of drug-likeness (QED) is 0.392. The lowest BCUT2D eigenvalue weighted by atomic mass is 10.2. The molecule has 11 heteroatoms. The predicted molar refractivity (Wildman–Crippen MR) is 130 cm³/mol. The van der Waals surface area contributed by atoms with Crippen molar-refractivity contribution in [1.82, 2.24) is 38.9 Å². The topological polar surface area (TPSA) is 109 Å². The summed E-state index contributed by atoms with van der Waals surface area (Å²) in [6.07, 6.45) is 6.89. The first-order valence-electron chi connectivity index (χ1n) is 11.3. The van der Waals surface area contributed by atoms with Gasteiger partial charge in [0.2, 0.25) is 0 Å². The molecule has 0 N–H and O–H groups in total. The molecule has 1 aliphatic rings. The molecular formula is C24H23N9O2. The van der Waals surface area contributed by atoms with Gasteiger partial charge in [0.05, 0.1) is 25.1 Å². The Balaban J connectivity index is 1.57. The van der Waals surface area contributed by atoms with E-state index in [9.17, 15) is 4.79 Å². The van der Waals surface area contributed by atoms with Crippen molar-refractivity contribution < 1.29 is 4.74 Å². The first-order valence-corrected chi connectivity index (χ1v) is 11.3. The van der Waals surface area contributed by atoms with E-state index in [1.54, 1.807) is 42.6 Å². The number of anilines is 1. The van der Waals surface area contributed by atoms with Crippen molar-refractivity contribution in [3.05, 3.63) is 65.5 Å². The van der Waals surface area contributed by atoms with Gasteiger partial charge in [-0.3, -0.25) is 9.78 Å². The number of hydrogen-bond acceptors (Lipinski definition) is 8. The second-order valence-corrected chi connectivity index (χ2v) is 8.34. The van der Waals surface area contributed by atoms with Crippen LogP contribution in [0.15, 0.2) is 59.9 Å². The molecule has 1 saturated heterocycles. The largest absolute Gasteiger partial charge is 0.378 e. The average molecular weight is 470 g/mol. The van der Waals surface area contributed by atoms with Crippen molar-refractivity contribution in [1.29, 1.82) is 0 Å². The number of aromatic nitrogens is 8. The smallest absolute Gasteiger partial charge is 0.252 e. The van der Waals surface area contributed by atoms with Crippen molar-refractivity contribution in [2.24, 2.45) is 14.1 Å². The lowest BCUT2D eigenvalue weighted by Gasteiger charge is -2.28. The van der Waals surface area contributed by atoms with Gasteiger partial charge in [-0.25, -0.2) is 19.6 Å². The number of morpholine rings is 1. The van der Waals surface area contributed by atoms with Gasteiger partial charge in [-0.05, 0) is 24.3 Å². The number of hydrogen-bond donors (Lipinski definition) is 0. The summed E-state index contributed by atoms with van der Waals surface area (Å²) in [6, 6.07) is 9.08. The van der Waals surface area contributed by atoms with Gasteiger partial charge in [0, 0.05) is 57.4 Å². The molecule has 1 aliphatic heterocycles. The van der Waals surface area contributed by atoms with Gasteiger partial charge < -0.3 is 18.8 Å². The van der Waals surface area contributed by atoms with Crippen molar-refractivity contribution in [2.45, 2.75) is 0 Å². The zero-order chi connectivity index (χ0) is 23.9. The Labute approximate surface area is 200 Å². The lowest BCUT2D eigenvalue weighted by molar-refractivity contribution is 0.122. The molecule has 1 fully saturated rings. The summed E-state index contributed by atoms with van der Waals surface area (Å²) >= 11 is 0. The van der Waals surface area contributed by atoms with Crippen LogP contribution in [-0.2, 0) is 18.8 Å². The van der Waals surface area contributed by atoms with Gasteiger partial charge in [0.1, 0.15) is 11.5 Å². The standard InChI is InChI=1S/C24H23N9O2/c1-30-10-6-17(15-19(30)34)33-18(5-9-26-33)21-28-23-20(24(29-21)32-11-13-35-14-12-32)27-22(31(23)2)16-3-7-25-8-4-16/h3-10,15H,11-14H2,1-2H3. The van der Waals surface area contributed by atoms with E-state index in [4.69, 9.17) is 19.7 Å². The fraction of sp³-hybridized carbons (Fsp3) is 0.250. The van der Waals surface area contributed by atoms with Crippen LogP contribution >= 0.6 is 0 Å². The maximum Gasteiger partial charge on any atom is 0.252 e. The van der Waals surface area contributed by atoms with Crippen molar-refractivity contribution >= 4 is 17.0 Å². The Morgan fingerprint density at radius 1 is 0.943 bits per heavy atom. The number of fused-ring (bicyclic) bond motifs is 1. The fourth-order valence-corrected chi connectivity index (χ4v) is 4.26. The molecule has 0 atom stereocenters. The van der Waals surface area contributed by atoms with E-state index in [1.807, 2.05) is 35.9 Å². The van der Waals surface area contributed by atoms with E-state index >= 15 is 0 Å². The first kappa shape index (κ1) is 21.2. The summed E-state index contributed by atoms with van der Waals surface area (Å²) in [7, 11) is 3.66. The number of imidazole rings is 1. The van der Waals surface area contributed by atoms with Crippen molar-refractivity contribution in [2.75, 3.05) is 31.2 Å². The minimum atomic E-state index is -0.122. The Bertz CT molecular complexity index is 1580. The molecular weight excluding hydrogens is 446 g/mol. The molecule has 176 valence electrons. The number of pyridine rings is 2. The summed E-state index contributed by atoms with van der Waals surface area (Å²) in [5.74, 6) is 2.03. The number of ether oxygens (including phenoxy) is 1. The van der Waals surface area contributed by atoms with Crippen LogP contribution in [0.1, 0.15) is 0 Å². The summed E-state index contributed by atoms with van der Waals surface area (Å²) in [5.41, 5.74) is 3.58. The van der Waals surface area contributed by atoms with Crippen LogP contribution in [0.25, 0.3) is 39.8 Å². The van der Waals surface area contributed by atoms with Gasteiger partial charge >= 0.3 is 0 Å². The summed E-state index contributed by atoms with van der Waals surface area (Å²) < 4.78 is 10.7. The molecule has 0 aliphatic carbocycles.